The summed E-state index contributed by atoms with van der Waals surface area (Å²) >= 11 is 0. The van der Waals surface area contributed by atoms with Crippen molar-refractivity contribution in [3.8, 4) is 0 Å². The zero-order valence-corrected chi connectivity index (χ0v) is 10.7. The summed E-state index contributed by atoms with van der Waals surface area (Å²) in [4.78, 5) is 0. The second-order valence-corrected chi connectivity index (χ2v) is 4.74. The Balaban J connectivity index is 2.46. The van der Waals surface area contributed by atoms with Crippen molar-refractivity contribution in [2.24, 2.45) is 5.92 Å². The normalized spacial score (nSPS) is 18.4. The lowest BCUT2D eigenvalue weighted by Crippen LogP contribution is -2.01. The molecule has 0 aromatic carbocycles. The number of hydrogen-bond donors (Lipinski definition) is 1. The van der Waals surface area contributed by atoms with E-state index in [9.17, 15) is 0 Å². The van der Waals surface area contributed by atoms with E-state index in [1.54, 1.807) is 5.57 Å². The SMILES string of the molecule is C/C=C(\C=C/C(C)=N)CC(C)C=C1CCC1. The van der Waals surface area contributed by atoms with Crippen molar-refractivity contribution in [3.05, 3.63) is 35.5 Å². The zero-order valence-electron chi connectivity index (χ0n) is 10.7. The minimum absolute atomic E-state index is 0.615. The summed E-state index contributed by atoms with van der Waals surface area (Å²) in [5, 5.41) is 7.37. The van der Waals surface area contributed by atoms with E-state index in [2.05, 4.69) is 32.1 Å². The second-order valence-electron chi connectivity index (χ2n) is 4.74. The van der Waals surface area contributed by atoms with Gasteiger partial charge in [0.2, 0.25) is 0 Å². The highest BCUT2D eigenvalue weighted by atomic mass is 14.4. The molecule has 1 N–H and O–H groups in total. The first kappa shape index (κ1) is 13.0. The van der Waals surface area contributed by atoms with Crippen LogP contribution in [0, 0.1) is 11.3 Å². The molecule has 1 nitrogen and oxygen atoms in total. The van der Waals surface area contributed by atoms with Gasteiger partial charge < -0.3 is 5.41 Å². The Morgan fingerprint density at radius 1 is 1.38 bits per heavy atom. The summed E-state index contributed by atoms with van der Waals surface area (Å²) in [6.45, 7) is 6.16. The minimum Gasteiger partial charge on any atom is -0.306 e. The van der Waals surface area contributed by atoms with Gasteiger partial charge in [-0.25, -0.2) is 0 Å². The molecule has 0 radical (unpaired) electrons. The molecule has 88 valence electrons. The largest absolute Gasteiger partial charge is 0.306 e. The molecule has 1 unspecified atom stereocenters. The molecule has 1 fully saturated rings. The first-order valence-corrected chi connectivity index (χ1v) is 6.19. The topological polar surface area (TPSA) is 23.9 Å². The number of hydrogen-bond acceptors (Lipinski definition) is 1. The Bertz CT molecular complexity index is 325. The van der Waals surface area contributed by atoms with Gasteiger partial charge in [-0.2, -0.15) is 0 Å². The van der Waals surface area contributed by atoms with Crippen LogP contribution in [-0.2, 0) is 0 Å². The molecule has 0 aliphatic heterocycles. The van der Waals surface area contributed by atoms with Crippen LogP contribution in [0.2, 0.25) is 0 Å². The Morgan fingerprint density at radius 3 is 2.50 bits per heavy atom. The summed E-state index contributed by atoms with van der Waals surface area (Å²) < 4.78 is 0. The van der Waals surface area contributed by atoms with E-state index in [4.69, 9.17) is 5.41 Å². The van der Waals surface area contributed by atoms with Crippen LogP contribution in [0.1, 0.15) is 46.5 Å². The van der Waals surface area contributed by atoms with Crippen molar-refractivity contribution in [1.82, 2.24) is 0 Å². The summed E-state index contributed by atoms with van der Waals surface area (Å²) in [5.41, 5.74) is 3.58. The highest BCUT2D eigenvalue weighted by Gasteiger charge is 2.10. The van der Waals surface area contributed by atoms with Crippen molar-refractivity contribution in [2.75, 3.05) is 0 Å². The molecule has 1 aliphatic carbocycles. The number of allylic oxidation sites excluding steroid dienone is 6. The Kier molecular flexibility index (Phi) is 5.24. The van der Waals surface area contributed by atoms with Crippen LogP contribution >= 0.6 is 0 Å². The highest BCUT2D eigenvalue weighted by Crippen LogP contribution is 2.28. The molecule has 1 saturated carbocycles. The van der Waals surface area contributed by atoms with Gasteiger partial charge in [0.15, 0.2) is 0 Å². The maximum absolute atomic E-state index is 7.37. The minimum atomic E-state index is 0.615. The van der Waals surface area contributed by atoms with Gasteiger partial charge >= 0.3 is 0 Å². The fourth-order valence-electron chi connectivity index (χ4n) is 1.89. The molecule has 16 heavy (non-hydrogen) atoms. The van der Waals surface area contributed by atoms with Gasteiger partial charge in [-0.3, -0.25) is 0 Å². The summed E-state index contributed by atoms with van der Waals surface area (Å²) in [5.74, 6) is 0.622. The van der Waals surface area contributed by atoms with Crippen molar-refractivity contribution < 1.29 is 0 Å². The third-order valence-electron chi connectivity index (χ3n) is 2.99. The second kappa shape index (κ2) is 6.47. The molecule has 0 amide bonds. The van der Waals surface area contributed by atoms with Crippen molar-refractivity contribution in [1.29, 1.82) is 5.41 Å². The van der Waals surface area contributed by atoms with Gasteiger partial charge in [0.1, 0.15) is 0 Å². The van der Waals surface area contributed by atoms with Crippen molar-refractivity contribution in [3.63, 3.8) is 0 Å². The van der Waals surface area contributed by atoms with Crippen molar-refractivity contribution >= 4 is 5.71 Å². The molecule has 0 heterocycles. The van der Waals surface area contributed by atoms with E-state index < -0.39 is 0 Å². The Hall–Kier alpha value is -1.11. The van der Waals surface area contributed by atoms with Crippen LogP contribution in [0.3, 0.4) is 0 Å². The van der Waals surface area contributed by atoms with Crippen molar-refractivity contribution in [2.45, 2.75) is 46.5 Å². The average Bonchev–Trinajstić information content (AvgIpc) is 2.18. The van der Waals surface area contributed by atoms with Crippen LogP contribution in [0.5, 0.6) is 0 Å². The smallest absolute Gasteiger partial charge is 0.0283 e. The number of nitrogens with one attached hydrogen (secondary N) is 1. The first-order chi connectivity index (χ1) is 7.61. The predicted molar refractivity (Wildman–Crippen MR) is 72.0 cm³/mol. The van der Waals surface area contributed by atoms with Gasteiger partial charge in [-0.05, 0) is 51.5 Å². The molecule has 0 spiro atoms. The van der Waals surface area contributed by atoms with Gasteiger partial charge in [0.05, 0.1) is 0 Å². The fourth-order valence-corrected chi connectivity index (χ4v) is 1.89. The van der Waals surface area contributed by atoms with E-state index >= 15 is 0 Å². The lowest BCUT2D eigenvalue weighted by molar-refractivity contribution is 0.626. The molecule has 1 heteroatoms. The van der Waals surface area contributed by atoms with Crippen LogP contribution in [0.25, 0.3) is 0 Å². The lowest BCUT2D eigenvalue weighted by Gasteiger charge is -2.18. The molecule has 0 saturated heterocycles. The molecule has 1 rings (SSSR count). The average molecular weight is 217 g/mol. The fraction of sp³-hybridized carbons (Fsp3) is 0.533. The van der Waals surface area contributed by atoms with Crippen LogP contribution in [0.4, 0.5) is 0 Å². The number of rotatable bonds is 5. The summed E-state index contributed by atoms with van der Waals surface area (Å²) in [6.07, 6.45) is 13.6. The van der Waals surface area contributed by atoms with Crippen LogP contribution < -0.4 is 0 Å². The summed E-state index contributed by atoms with van der Waals surface area (Å²) in [7, 11) is 0. The monoisotopic (exact) mass is 217 g/mol. The maximum atomic E-state index is 7.37. The molecule has 1 aliphatic rings. The predicted octanol–water partition coefficient (Wildman–Crippen LogP) is 4.67. The molecule has 0 aromatic heterocycles. The van der Waals surface area contributed by atoms with E-state index in [0.29, 0.717) is 11.6 Å². The third kappa shape index (κ3) is 4.61. The zero-order chi connectivity index (χ0) is 12.0. The van der Waals surface area contributed by atoms with E-state index in [-0.39, 0.29) is 0 Å². The molecular weight excluding hydrogens is 194 g/mol. The molecule has 0 bridgehead atoms. The molecule has 1 atom stereocenters. The van der Waals surface area contributed by atoms with E-state index in [1.165, 1.54) is 24.8 Å². The van der Waals surface area contributed by atoms with E-state index in [0.717, 1.165) is 6.42 Å². The Morgan fingerprint density at radius 2 is 2.06 bits per heavy atom. The summed E-state index contributed by atoms with van der Waals surface area (Å²) in [6, 6.07) is 0. The molecular formula is C15H23N. The third-order valence-corrected chi connectivity index (χ3v) is 2.99. The van der Waals surface area contributed by atoms with Crippen LogP contribution in [-0.4, -0.2) is 5.71 Å². The van der Waals surface area contributed by atoms with Gasteiger partial charge in [-0.1, -0.05) is 36.3 Å². The van der Waals surface area contributed by atoms with Gasteiger partial charge in [-0.15, -0.1) is 0 Å². The van der Waals surface area contributed by atoms with Gasteiger partial charge in [0.25, 0.3) is 0 Å². The van der Waals surface area contributed by atoms with Gasteiger partial charge in [0, 0.05) is 5.71 Å². The maximum Gasteiger partial charge on any atom is 0.0283 e. The first-order valence-electron chi connectivity index (χ1n) is 6.19. The van der Waals surface area contributed by atoms with E-state index in [1.807, 2.05) is 13.0 Å². The standard InChI is InChI=1S/C15H23N/c1-4-14(9-8-13(3)16)10-12(2)11-15-6-5-7-15/h4,8-9,11-12,16H,5-7,10H2,1-3H3/b9-8-,14-4+,16-13?. The highest BCUT2D eigenvalue weighted by molar-refractivity contribution is 5.90. The Labute approximate surface area is 99.5 Å². The lowest BCUT2D eigenvalue weighted by atomic mass is 9.88. The van der Waals surface area contributed by atoms with Crippen LogP contribution in [0.15, 0.2) is 35.5 Å². The quantitative estimate of drug-likeness (QED) is 0.393. The molecule has 0 aromatic rings.